The molecule has 0 unspecified atom stereocenters. The van der Waals surface area contributed by atoms with E-state index in [9.17, 15) is 4.79 Å². The van der Waals surface area contributed by atoms with Crippen molar-refractivity contribution in [2.24, 2.45) is 0 Å². The van der Waals surface area contributed by atoms with Crippen LogP contribution in [0.25, 0.3) is 11.0 Å². The highest BCUT2D eigenvalue weighted by molar-refractivity contribution is 6.30. The summed E-state index contributed by atoms with van der Waals surface area (Å²) in [5.74, 6) is -0.224. The number of aromatic nitrogens is 5. The van der Waals surface area contributed by atoms with Crippen molar-refractivity contribution in [1.29, 1.82) is 0 Å². The molecule has 3 aromatic rings. The molecule has 0 fully saturated rings. The van der Waals surface area contributed by atoms with E-state index < -0.39 is 0 Å². The second-order valence-electron chi connectivity index (χ2n) is 4.86. The second kappa shape index (κ2) is 5.21. The van der Waals surface area contributed by atoms with Crippen LogP contribution >= 0.6 is 11.6 Å². The molecule has 3 heterocycles. The van der Waals surface area contributed by atoms with Crippen LogP contribution in [0.15, 0.2) is 31.1 Å². The molecule has 0 aromatic carbocycles. The molecule has 0 bridgehead atoms. The summed E-state index contributed by atoms with van der Waals surface area (Å²) in [5.41, 5.74) is 1.49. The fraction of sp³-hybridized carbons (Fsp3) is 0.214. The van der Waals surface area contributed by atoms with Gasteiger partial charge in [0.25, 0.3) is 0 Å². The lowest BCUT2D eigenvalue weighted by atomic mass is 10.1. The van der Waals surface area contributed by atoms with Gasteiger partial charge in [-0.25, -0.2) is 19.9 Å². The summed E-state index contributed by atoms with van der Waals surface area (Å²) >= 11 is 5.82. The zero-order valence-corrected chi connectivity index (χ0v) is 12.2. The molecule has 3 aromatic heterocycles. The minimum absolute atomic E-state index is 0.179. The Bertz CT molecular complexity index is 827. The number of carbonyl (C=O) groups excluding carboxylic acids is 1. The molecule has 0 aliphatic heterocycles. The Morgan fingerprint density at radius 1 is 1.24 bits per heavy atom. The van der Waals surface area contributed by atoms with Gasteiger partial charge in [-0.15, -0.1) is 0 Å². The van der Waals surface area contributed by atoms with Crippen molar-refractivity contribution >= 4 is 28.4 Å². The number of hydrogen-bond donors (Lipinski definition) is 0. The number of ketones is 1. The van der Waals surface area contributed by atoms with Crippen molar-refractivity contribution in [3.05, 3.63) is 47.5 Å². The number of halogens is 1. The molecule has 106 valence electrons. The van der Waals surface area contributed by atoms with Gasteiger partial charge in [-0.1, -0.05) is 11.6 Å². The number of fused-ring (bicyclic) bond motifs is 1. The van der Waals surface area contributed by atoms with Crippen LogP contribution in [0, 0.1) is 0 Å². The van der Waals surface area contributed by atoms with Gasteiger partial charge in [0.2, 0.25) is 5.78 Å². The van der Waals surface area contributed by atoms with Crippen LogP contribution in [-0.4, -0.2) is 30.3 Å². The maximum atomic E-state index is 12.6. The van der Waals surface area contributed by atoms with Crippen LogP contribution in [0.2, 0.25) is 5.15 Å². The van der Waals surface area contributed by atoms with Gasteiger partial charge >= 0.3 is 0 Å². The minimum Gasteiger partial charge on any atom is -0.329 e. The van der Waals surface area contributed by atoms with Crippen LogP contribution in [0.4, 0.5) is 0 Å². The highest BCUT2D eigenvalue weighted by atomic mass is 35.5. The van der Waals surface area contributed by atoms with Crippen LogP contribution < -0.4 is 0 Å². The molecule has 0 aliphatic rings. The minimum atomic E-state index is -0.224. The summed E-state index contributed by atoms with van der Waals surface area (Å²) in [6.07, 6.45) is 6.16. The van der Waals surface area contributed by atoms with E-state index in [0.29, 0.717) is 10.9 Å². The lowest BCUT2D eigenvalue weighted by Gasteiger charge is -2.07. The largest absolute Gasteiger partial charge is 0.329 e. The van der Waals surface area contributed by atoms with E-state index in [1.54, 1.807) is 12.4 Å². The summed E-state index contributed by atoms with van der Waals surface area (Å²) in [7, 11) is 0. The summed E-state index contributed by atoms with van der Waals surface area (Å²) in [6, 6.07) is 1.63. The monoisotopic (exact) mass is 301 g/mol. The maximum Gasteiger partial charge on any atom is 0.213 e. The molecule has 3 rings (SSSR count). The predicted molar refractivity (Wildman–Crippen MR) is 78.4 cm³/mol. The second-order valence-corrected chi connectivity index (χ2v) is 5.25. The van der Waals surface area contributed by atoms with Gasteiger partial charge in [0.15, 0.2) is 0 Å². The molecule has 7 heteroatoms. The Labute approximate surface area is 125 Å². The third kappa shape index (κ3) is 2.38. The Morgan fingerprint density at radius 3 is 2.76 bits per heavy atom. The summed E-state index contributed by atoms with van der Waals surface area (Å²) in [4.78, 5) is 28.7. The van der Waals surface area contributed by atoms with E-state index in [1.807, 2.05) is 18.4 Å². The van der Waals surface area contributed by atoms with E-state index in [4.69, 9.17) is 11.6 Å². The van der Waals surface area contributed by atoms with Crippen LogP contribution in [0.5, 0.6) is 0 Å². The van der Waals surface area contributed by atoms with Crippen LogP contribution in [-0.2, 0) is 0 Å². The zero-order chi connectivity index (χ0) is 15.0. The van der Waals surface area contributed by atoms with E-state index in [0.717, 1.165) is 5.65 Å². The first-order valence-electron chi connectivity index (χ1n) is 6.40. The number of carbonyl (C=O) groups is 1. The smallest absolute Gasteiger partial charge is 0.213 e. The molecule has 0 amide bonds. The molecule has 0 atom stereocenters. The van der Waals surface area contributed by atoms with Gasteiger partial charge in [0.05, 0.1) is 5.56 Å². The highest BCUT2D eigenvalue weighted by Gasteiger charge is 2.20. The molecule has 0 N–H and O–H groups in total. The maximum absolute atomic E-state index is 12.6. The Kier molecular flexibility index (Phi) is 3.39. The van der Waals surface area contributed by atoms with Gasteiger partial charge in [-0.05, 0) is 13.8 Å². The number of hydrogen-bond acceptors (Lipinski definition) is 5. The average molecular weight is 302 g/mol. The van der Waals surface area contributed by atoms with E-state index >= 15 is 0 Å². The Balaban J connectivity index is 2.19. The molecule has 0 aliphatic carbocycles. The Morgan fingerprint density at radius 2 is 2.05 bits per heavy atom. The summed E-state index contributed by atoms with van der Waals surface area (Å²) in [6.45, 7) is 4.05. The van der Waals surface area contributed by atoms with Gasteiger partial charge in [-0.2, -0.15) is 0 Å². The van der Waals surface area contributed by atoms with Crippen molar-refractivity contribution in [3.63, 3.8) is 0 Å². The molecular weight excluding hydrogens is 290 g/mol. The molecule has 0 spiro atoms. The standard InChI is InChI=1S/C14H12ClN5O/c1-8(2)20-5-10(9-4-16-6-19-14(9)20)13(21)11-3-12(15)18-7-17-11/h3-8H,1-2H3. The number of nitrogens with zero attached hydrogens (tertiary/aromatic N) is 5. The summed E-state index contributed by atoms with van der Waals surface area (Å²) in [5, 5.41) is 0.933. The van der Waals surface area contributed by atoms with E-state index in [1.165, 1.54) is 18.7 Å². The van der Waals surface area contributed by atoms with Crippen molar-refractivity contribution in [2.45, 2.75) is 19.9 Å². The van der Waals surface area contributed by atoms with E-state index in [2.05, 4.69) is 19.9 Å². The normalized spacial score (nSPS) is 11.2. The first-order valence-corrected chi connectivity index (χ1v) is 6.78. The van der Waals surface area contributed by atoms with Gasteiger partial charge < -0.3 is 4.57 Å². The van der Waals surface area contributed by atoms with Crippen molar-refractivity contribution in [1.82, 2.24) is 24.5 Å². The third-order valence-corrected chi connectivity index (χ3v) is 3.37. The molecular formula is C14H12ClN5O. The Hall–Kier alpha value is -2.34. The SMILES string of the molecule is CC(C)n1cc(C(=O)c2cc(Cl)ncn2)c2cncnc21. The molecule has 21 heavy (non-hydrogen) atoms. The van der Waals surface area contributed by atoms with Crippen LogP contribution in [0.1, 0.15) is 35.9 Å². The highest BCUT2D eigenvalue weighted by Crippen LogP contribution is 2.24. The van der Waals surface area contributed by atoms with Crippen molar-refractivity contribution < 1.29 is 4.79 Å². The lowest BCUT2D eigenvalue weighted by Crippen LogP contribution is -2.04. The zero-order valence-electron chi connectivity index (χ0n) is 11.5. The first-order chi connectivity index (χ1) is 10.1. The van der Waals surface area contributed by atoms with Crippen molar-refractivity contribution in [3.8, 4) is 0 Å². The molecule has 6 nitrogen and oxygen atoms in total. The predicted octanol–water partition coefficient (Wildman–Crippen LogP) is 2.69. The lowest BCUT2D eigenvalue weighted by molar-refractivity contribution is 0.103. The quantitative estimate of drug-likeness (QED) is 0.549. The van der Waals surface area contributed by atoms with E-state index in [-0.39, 0.29) is 22.7 Å². The van der Waals surface area contributed by atoms with Gasteiger partial charge in [-0.3, -0.25) is 4.79 Å². The van der Waals surface area contributed by atoms with Gasteiger partial charge in [0, 0.05) is 29.9 Å². The fourth-order valence-corrected chi connectivity index (χ4v) is 2.31. The molecule has 0 saturated carbocycles. The van der Waals surface area contributed by atoms with Crippen molar-refractivity contribution in [2.75, 3.05) is 0 Å². The van der Waals surface area contributed by atoms with Gasteiger partial charge in [0.1, 0.15) is 29.1 Å². The average Bonchev–Trinajstić information content (AvgIpc) is 2.86. The molecule has 0 saturated heterocycles. The number of rotatable bonds is 3. The first kappa shape index (κ1) is 13.6. The summed E-state index contributed by atoms with van der Waals surface area (Å²) < 4.78 is 1.94. The van der Waals surface area contributed by atoms with Crippen LogP contribution in [0.3, 0.4) is 0 Å². The fourth-order valence-electron chi connectivity index (χ4n) is 2.16. The molecule has 0 radical (unpaired) electrons. The topological polar surface area (TPSA) is 73.6 Å². The third-order valence-electron chi connectivity index (χ3n) is 3.16.